The molecule has 1 aliphatic heterocycles. The average molecular weight is 311 g/mol. The summed E-state index contributed by atoms with van der Waals surface area (Å²) in [4.78, 5) is 11.5. The van der Waals surface area contributed by atoms with Crippen LogP contribution in [0.5, 0.6) is 11.5 Å². The van der Waals surface area contributed by atoms with Gasteiger partial charge in [-0.05, 0) is 43.9 Å². The monoisotopic (exact) mass is 311 g/mol. The predicted molar refractivity (Wildman–Crippen MR) is 88.3 cm³/mol. The van der Waals surface area contributed by atoms with E-state index in [-0.39, 0.29) is 0 Å². The van der Waals surface area contributed by atoms with Crippen molar-refractivity contribution in [2.45, 2.75) is 32.7 Å². The molecule has 1 aromatic carbocycles. The Morgan fingerprint density at radius 3 is 2.78 bits per heavy atom. The molecule has 0 fully saturated rings. The Hall–Kier alpha value is -2.30. The van der Waals surface area contributed by atoms with Crippen molar-refractivity contribution in [1.82, 2.24) is 9.97 Å². The van der Waals surface area contributed by atoms with Gasteiger partial charge in [0.05, 0.1) is 0 Å². The quantitative estimate of drug-likeness (QED) is 0.872. The summed E-state index contributed by atoms with van der Waals surface area (Å²) in [6, 6.07) is 6.16. The molecule has 2 heterocycles. The summed E-state index contributed by atoms with van der Waals surface area (Å²) in [6.45, 7) is 4.00. The van der Waals surface area contributed by atoms with E-state index in [2.05, 4.69) is 34.0 Å². The van der Waals surface area contributed by atoms with Gasteiger partial charge in [-0.2, -0.15) is 0 Å². The van der Waals surface area contributed by atoms with Crippen molar-refractivity contribution in [1.29, 1.82) is 0 Å². The number of fused-ring (bicyclic) bond motifs is 2. The molecule has 0 atom stereocenters. The van der Waals surface area contributed by atoms with Gasteiger partial charge in [0.15, 0.2) is 11.5 Å². The molecule has 0 unspecified atom stereocenters. The summed E-state index contributed by atoms with van der Waals surface area (Å²) in [7, 11) is 2.09. The minimum Gasteiger partial charge on any atom is -0.486 e. The molecular weight excluding hydrogens is 290 g/mol. The van der Waals surface area contributed by atoms with Gasteiger partial charge >= 0.3 is 0 Å². The summed E-state index contributed by atoms with van der Waals surface area (Å²) < 4.78 is 11.3. The van der Waals surface area contributed by atoms with Crippen LogP contribution in [-0.4, -0.2) is 30.2 Å². The Morgan fingerprint density at radius 2 is 1.91 bits per heavy atom. The van der Waals surface area contributed by atoms with Crippen molar-refractivity contribution in [3.05, 3.63) is 40.8 Å². The SMILES string of the molecule is Cc1nc2c(c(N(C)Cc3ccc4c(c3)OCCO4)n1)CCC2. The molecule has 1 aliphatic carbocycles. The van der Waals surface area contributed by atoms with E-state index in [1.165, 1.54) is 23.2 Å². The van der Waals surface area contributed by atoms with E-state index in [1.807, 2.05) is 13.0 Å². The predicted octanol–water partition coefficient (Wildman–Crippen LogP) is 2.68. The van der Waals surface area contributed by atoms with Crippen LogP contribution in [0.2, 0.25) is 0 Å². The van der Waals surface area contributed by atoms with Crippen molar-refractivity contribution < 1.29 is 9.47 Å². The second-order valence-corrected chi connectivity index (χ2v) is 6.21. The number of hydrogen-bond donors (Lipinski definition) is 0. The number of benzene rings is 1. The lowest BCUT2D eigenvalue weighted by molar-refractivity contribution is 0.171. The van der Waals surface area contributed by atoms with Crippen LogP contribution in [0.1, 0.15) is 29.1 Å². The number of anilines is 1. The molecule has 23 heavy (non-hydrogen) atoms. The summed E-state index contributed by atoms with van der Waals surface area (Å²) in [5, 5.41) is 0. The topological polar surface area (TPSA) is 47.5 Å². The first-order chi connectivity index (χ1) is 11.2. The van der Waals surface area contributed by atoms with Crippen molar-refractivity contribution in [2.75, 3.05) is 25.2 Å². The maximum Gasteiger partial charge on any atom is 0.161 e. The highest BCUT2D eigenvalue weighted by atomic mass is 16.6. The first kappa shape index (κ1) is 14.3. The standard InChI is InChI=1S/C18H21N3O2/c1-12-19-15-5-3-4-14(15)18(20-12)21(2)11-13-6-7-16-17(10-13)23-9-8-22-16/h6-7,10H,3-5,8-9,11H2,1-2H3. The van der Waals surface area contributed by atoms with Crippen LogP contribution in [0.3, 0.4) is 0 Å². The van der Waals surface area contributed by atoms with E-state index in [4.69, 9.17) is 9.47 Å². The van der Waals surface area contributed by atoms with Crippen LogP contribution in [0.4, 0.5) is 5.82 Å². The summed E-state index contributed by atoms with van der Waals surface area (Å²) in [5.41, 5.74) is 3.73. The Bertz CT molecular complexity index is 745. The lowest BCUT2D eigenvalue weighted by Gasteiger charge is -2.23. The van der Waals surface area contributed by atoms with Crippen LogP contribution in [0.25, 0.3) is 0 Å². The Labute approximate surface area is 136 Å². The number of hydrogen-bond acceptors (Lipinski definition) is 5. The van der Waals surface area contributed by atoms with E-state index in [0.29, 0.717) is 13.2 Å². The van der Waals surface area contributed by atoms with E-state index in [1.54, 1.807) is 0 Å². The molecule has 120 valence electrons. The van der Waals surface area contributed by atoms with Crippen molar-refractivity contribution in [2.24, 2.45) is 0 Å². The lowest BCUT2D eigenvalue weighted by Crippen LogP contribution is -2.21. The molecule has 0 saturated heterocycles. The zero-order valence-corrected chi connectivity index (χ0v) is 13.6. The molecular formula is C18H21N3O2. The van der Waals surface area contributed by atoms with Gasteiger partial charge in [0, 0.05) is 24.8 Å². The molecule has 0 bridgehead atoms. The van der Waals surface area contributed by atoms with Crippen LogP contribution >= 0.6 is 0 Å². The van der Waals surface area contributed by atoms with Crippen LogP contribution < -0.4 is 14.4 Å². The van der Waals surface area contributed by atoms with E-state index in [0.717, 1.165) is 42.5 Å². The van der Waals surface area contributed by atoms with Crippen molar-refractivity contribution >= 4 is 5.82 Å². The number of ether oxygens (including phenoxy) is 2. The van der Waals surface area contributed by atoms with Gasteiger partial charge in [-0.3, -0.25) is 0 Å². The lowest BCUT2D eigenvalue weighted by atomic mass is 10.1. The van der Waals surface area contributed by atoms with Crippen LogP contribution in [-0.2, 0) is 19.4 Å². The largest absolute Gasteiger partial charge is 0.486 e. The van der Waals surface area contributed by atoms with E-state index < -0.39 is 0 Å². The molecule has 0 spiro atoms. The maximum atomic E-state index is 5.68. The Morgan fingerprint density at radius 1 is 1.09 bits per heavy atom. The zero-order chi connectivity index (χ0) is 15.8. The number of aromatic nitrogens is 2. The Kier molecular flexibility index (Phi) is 3.56. The van der Waals surface area contributed by atoms with Gasteiger partial charge in [-0.1, -0.05) is 6.07 Å². The highest BCUT2D eigenvalue weighted by Crippen LogP contribution is 2.32. The van der Waals surface area contributed by atoms with Gasteiger partial charge in [-0.25, -0.2) is 9.97 Å². The smallest absolute Gasteiger partial charge is 0.161 e. The molecule has 4 rings (SSSR count). The van der Waals surface area contributed by atoms with Gasteiger partial charge in [0.25, 0.3) is 0 Å². The van der Waals surface area contributed by atoms with Gasteiger partial charge in [0.2, 0.25) is 0 Å². The van der Waals surface area contributed by atoms with E-state index >= 15 is 0 Å². The molecule has 2 aliphatic rings. The van der Waals surface area contributed by atoms with Crippen LogP contribution in [0, 0.1) is 6.92 Å². The van der Waals surface area contributed by atoms with Crippen LogP contribution in [0.15, 0.2) is 18.2 Å². The summed E-state index contributed by atoms with van der Waals surface area (Å²) >= 11 is 0. The third kappa shape index (κ3) is 2.71. The molecule has 0 amide bonds. The van der Waals surface area contributed by atoms with Gasteiger partial charge in [0.1, 0.15) is 24.9 Å². The highest BCUT2D eigenvalue weighted by Gasteiger charge is 2.21. The highest BCUT2D eigenvalue weighted by molar-refractivity contribution is 5.52. The molecule has 0 radical (unpaired) electrons. The average Bonchev–Trinajstić information content (AvgIpc) is 3.02. The number of rotatable bonds is 3. The molecule has 0 saturated carbocycles. The minimum absolute atomic E-state index is 0.616. The molecule has 1 aromatic heterocycles. The Balaban J connectivity index is 1.60. The first-order valence-corrected chi connectivity index (χ1v) is 8.17. The summed E-state index contributed by atoms with van der Waals surface area (Å²) in [6.07, 6.45) is 3.33. The number of aryl methyl sites for hydroxylation is 2. The molecule has 2 aromatic rings. The fraction of sp³-hybridized carbons (Fsp3) is 0.444. The zero-order valence-electron chi connectivity index (χ0n) is 13.6. The fourth-order valence-electron chi connectivity index (χ4n) is 3.38. The second kappa shape index (κ2) is 5.72. The van der Waals surface area contributed by atoms with E-state index in [9.17, 15) is 0 Å². The van der Waals surface area contributed by atoms with Crippen molar-refractivity contribution in [3.8, 4) is 11.5 Å². The molecule has 5 nitrogen and oxygen atoms in total. The third-order valence-corrected chi connectivity index (χ3v) is 4.41. The molecule has 0 N–H and O–H groups in total. The van der Waals surface area contributed by atoms with Gasteiger partial charge in [-0.15, -0.1) is 0 Å². The fourth-order valence-corrected chi connectivity index (χ4v) is 3.38. The number of nitrogens with zero attached hydrogens (tertiary/aromatic N) is 3. The maximum absolute atomic E-state index is 5.68. The third-order valence-electron chi connectivity index (χ3n) is 4.41. The van der Waals surface area contributed by atoms with Gasteiger partial charge < -0.3 is 14.4 Å². The first-order valence-electron chi connectivity index (χ1n) is 8.17. The molecule has 5 heteroatoms. The summed E-state index contributed by atoms with van der Waals surface area (Å²) in [5.74, 6) is 3.60. The minimum atomic E-state index is 0.616. The normalized spacial score (nSPS) is 15.4. The second-order valence-electron chi connectivity index (χ2n) is 6.21. The van der Waals surface area contributed by atoms with Crippen molar-refractivity contribution in [3.63, 3.8) is 0 Å².